The van der Waals surface area contributed by atoms with Crippen molar-refractivity contribution in [1.29, 1.82) is 0 Å². The molecule has 2 unspecified atom stereocenters. The molecule has 1 fully saturated rings. The summed E-state index contributed by atoms with van der Waals surface area (Å²) in [7, 11) is 0. The first-order chi connectivity index (χ1) is 10.7. The Bertz CT molecular complexity index is 635. The predicted molar refractivity (Wildman–Crippen MR) is 99.0 cm³/mol. The van der Waals surface area contributed by atoms with Crippen molar-refractivity contribution in [3.05, 3.63) is 36.8 Å². The molecule has 1 amide bonds. The summed E-state index contributed by atoms with van der Waals surface area (Å²) in [5.41, 5.74) is 6.79. The van der Waals surface area contributed by atoms with Crippen LogP contribution in [0.2, 0.25) is 0 Å². The number of carbonyl (C=O) groups excluding carboxylic acids is 1. The molecular weight excluding hydrogens is 349 g/mol. The second kappa shape index (κ2) is 9.61. The van der Waals surface area contributed by atoms with Gasteiger partial charge in [0.25, 0.3) is 0 Å². The smallest absolute Gasteiger partial charge is 0.224 e. The zero-order valence-electron chi connectivity index (χ0n) is 13.3. The molecule has 2 aromatic heterocycles. The minimum atomic E-state index is -0.0104. The molecule has 1 saturated carbocycles. The third-order valence-electron chi connectivity index (χ3n) is 4.20. The Morgan fingerprint density at radius 2 is 2.04 bits per heavy atom. The molecule has 132 valence electrons. The molecule has 3 N–H and O–H groups in total. The average Bonchev–Trinajstić information content (AvgIpc) is 3.04. The van der Waals surface area contributed by atoms with Gasteiger partial charge in [-0.1, -0.05) is 12.8 Å². The van der Waals surface area contributed by atoms with Crippen LogP contribution >= 0.6 is 24.8 Å². The van der Waals surface area contributed by atoms with E-state index in [2.05, 4.69) is 15.4 Å². The second-order valence-corrected chi connectivity index (χ2v) is 5.79. The van der Waals surface area contributed by atoms with E-state index in [1.165, 1.54) is 6.42 Å². The molecule has 24 heavy (non-hydrogen) atoms. The van der Waals surface area contributed by atoms with E-state index in [1.54, 1.807) is 29.3 Å². The molecule has 2 aromatic rings. The molecule has 2 heterocycles. The number of halogens is 2. The SMILES string of the molecule is Cl.Cl.NC1CCCCC1CC(=O)Nc1cccnc1-n1cccn1. The number of amides is 1. The summed E-state index contributed by atoms with van der Waals surface area (Å²) in [5, 5.41) is 7.11. The summed E-state index contributed by atoms with van der Waals surface area (Å²) < 4.78 is 1.64. The Kier molecular flexibility index (Phi) is 8.18. The molecule has 1 aliphatic rings. The van der Waals surface area contributed by atoms with E-state index in [-0.39, 0.29) is 42.7 Å². The summed E-state index contributed by atoms with van der Waals surface area (Å²) in [5.74, 6) is 0.885. The van der Waals surface area contributed by atoms with Gasteiger partial charge in [-0.15, -0.1) is 24.8 Å². The van der Waals surface area contributed by atoms with Crippen molar-refractivity contribution in [3.8, 4) is 5.82 Å². The van der Waals surface area contributed by atoms with Crippen molar-refractivity contribution < 1.29 is 4.79 Å². The minimum Gasteiger partial charge on any atom is -0.327 e. The van der Waals surface area contributed by atoms with Crippen LogP contribution in [-0.4, -0.2) is 26.7 Å². The highest BCUT2D eigenvalue weighted by Crippen LogP contribution is 2.26. The lowest BCUT2D eigenvalue weighted by atomic mass is 9.83. The Morgan fingerprint density at radius 3 is 2.75 bits per heavy atom. The molecule has 0 radical (unpaired) electrons. The first-order valence-electron chi connectivity index (χ1n) is 7.74. The van der Waals surface area contributed by atoms with Gasteiger partial charge in [-0.25, -0.2) is 9.67 Å². The standard InChI is InChI=1S/C16H21N5O.2ClH/c17-13-6-2-1-5-12(13)11-15(22)20-14-7-3-8-18-16(14)21-10-4-9-19-21;;/h3-4,7-10,12-13H,1-2,5-6,11,17H2,(H,20,22);2*1H. The van der Waals surface area contributed by atoms with Crippen LogP contribution in [0.4, 0.5) is 5.69 Å². The summed E-state index contributed by atoms with van der Waals surface area (Å²) in [6.45, 7) is 0. The highest BCUT2D eigenvalue weighted by Gasteiger charge is 2.24. The number of hydrogen-bond acceptors (Lipinski definition) is 4. The molecule has 3 rings (SSSR count). The van der Waals surface area contributed by atoms with Crippen LogP contribution in [0.3, 0.4) is 0 Å². The number of nitrogens with one attached hydrogen (secondary N) is 1. The van der Waals surface area contributed by atoms with Gasteiger partial charge < -0.3 is 11.1 Å². The fourth-order valence-electron chi connectivity index (χ4n) is 3.00. The lowest BCUT2D eigenvalue weighted by Gasteiger charge is -2.28. The van der Waals surface area contributed by atoms with Crippen LogP contribution in [-0.2, 0) is 4.79 Å². The van der Waals surface area contributed by atoms with Crippen LogP contribution in [0.1, 0.15) is 32.1 Å². The van der Waals surface area contributed by atoms with Crippen molar-refractivity contribution in [2.75, 3.05) is 5.32 Å². The Morgan fingerprint density at radius 1 is 1.25 bits per heavy atom. The van der Waals surface area contributed by atoms with Crippen molar-refractivity contribution in [2.24, 2.45) is 11.7 Å². The molecule has 8 heteroatoms. The molecule has 0 aromatic carbocycles. The summed E-state index contributed by atoms with van der Waals surface area (Å²) >= 11 is 0. The maximum absolute atomic E-state index is 12.3. The van der Waals surface area contributed by atoms with E-state index < -0.39 is 0 Å². The van der Waals surface area contributed by atoms with Gasteiger partial charge in [-0.3, -0.25) is 4.79 Å². The summed E-state index contributed by atoms with van der Waals surface area (Å²) in [4.78, 5) is 16.6. The van der Waals surface area contributed by atoms with Gasteiger partial charge in [0, 0.05) is 31.1 Å². The van der Waals surface area contributed by atoms with E-state index in [4.69, 9.17) is 5.73 Å². The Hall–Kier alpha value is -1.63. The van der Waals surface area contributed by atoms with Gasteiger partial charge in [-0.2, -0.15) is 5.10 Å². The Balaban J connectivity index is 0.00000144. The molecule has 6 nitrogen and oxygen atoms in total. The fourth-order valence-corrected chi connectivity index (χ4v) is 3.00. The number of nitrogens with zero attached hydrogens (tertiary/aromatic N) is 3. The van der Waals surface area contributed by atoms with Crippen molar-refractivity contribution in [3.63, 3.8) is 0 Å². The van der Waals surface area contributed by atoms with E-state index in [0.717, 1.165) is 19.3 Å². The first kappa shape index (κ1) is 20.4. The first-order valence-corrected chi connectivity index (χ1v) is 7.74. The van der Waals surface area contributed by atoms with E-state index in [0.29, 0.717) is 17.9 Å². The summed E-state index contributed by atoms with van der Waals surface area (Å²) in [6.07, 6.45) is 10.0. The van der Waals surface area contributed by atoms with E-state index in [9.17, 15) is 4.79 Å². The molecule has 2 atom stereocenters. The maximum Gasteiger partial charge on any atom is 0.224 e. The molecular formula is C16H23Cl2N5O. The van der Waals surface area contributed by atoms with E-state index in [1.807, 2.05) is 12.1 Å². The Labute approximate surface area is 154 Å². The normalized spacial score (nSPS) is 19.7. The van der Waals surface area contributed by atoms with Gasteiger partial charge in [0.05, 0.1) is 5.69 Å². The van der Waals surface area contributed by atoms with Crippen molar-refractivity contribution in [1.82, 2.24) is 14.8 Å². The monoisotopic (exact) mass is 371 g/mol. The zero-order valence-corrected chi connectivity index (χ0v) is 14.9. The maximum atomic E-state index is 12.3. The largest absolute Gasteiger partial charge is 0.327 e. The molecule has 0 saturated heterocycles. The number of nitrogens with two attached hydrogens (primary N) is 1. The van der Waals surface area contributed by atoms with Gasteiger partial charge in [0.15, 0.2) is 5.82 Å². The number of carbonyl (C=O) groups is 1. The lowest BCUT2D eigenvalue weighted by Crippen LogP contribution is -2.35. The molecule has 0 spiro atoms. The number of pyridine rings is 1. The highest BCUT2D eigenvalue weighted by molar-refractivity contribution is 5.92. The van der Waals surface area contributed by atoms with Crippen molar-refractivity contribution >= 4 is 36.4 Å². The number of anilines is 1. The predicted octanol–water partition coefficient (Wildman–Crippen LogP) is 2.96. The third kappa shape index (κ3) is 4.93. The van der Waals surface area contributed by atoms with Crippen LogP contribution in [0.25, 0.3) is 5.82 Å². The zero-order chi connectivity index (χ0) is 15.4. The van der Waals surface area contributed by atoms with Gasteiger partial charge in [0.2, 0.25) is 5.91 Å². The van der Waals surface area contributed by atoms with Crippen LogP contribution in [0.5, 0.6) is 0 Å². The van der Waals surface area contributed by atoms with Crippen LogP contribution in [0, 0.1) is 5.92 Å². The highest BCUT2D eigenvalue weighted by atomic mass is 35.5. The third-order valence-corrected chi connectivity index (χ3v) is 4.20. The summed E-state index contributed by atoms with van der Waals surface area (Å²) in [6, 6.07) is 5.60. The average molecular weight is 372 g/mol. The van der Waals surface area contributed by atoms with Gasteiger partial charge in [-0.05, 0) is 37.0 Å². The minimum absolute atomic E-state index is 0. The molecule has 1 aliphatic carbocycles. The topological polar surface area (TPSA) is 85.8 Å². The van der Waals surface area contributed by atoms with Crippen LogP contribution in [0.15, 0.2) is 36.8 Å². The number of aromatic nitrogens is 3. The second-order valence-electron chi connectivity index (χ2n) is 5.79. The number of hydrogen-bond donors (Lipinski definition) is 2. The lowest BCUT2D eigenvalue weighted by molar-refractivity contribution is -0.117. The van der Waals surface area contributed by atoms with Gasteiger partial charge >= 0.3 is 0 Å². The van der Waals surface area contributed by atoms with E-state index >= 15 is 0 Å². The number of rotatable bonds is 4. The van der Waals surface area contributed by atoms with Crippen molar-refractivity contribution in [2.45, 2.75) is 38.1 Å². The quantitative estimate of drug-likeness (QED) is 0.864. The molecule has 0 aliphatic heterocycles. The van der Waals surface area contributed by atoms with Crippen LogP contribution < -0.4 is 11.1 Å². The van der Waals surface area contributed by atoms with Gasteiger partial charge in [0.1, 0.15) is 0 Å². The fraction of sp³-hybridized carbons (Fsp3) is 0.438. The molecule has 0 bridgehead atoms.